The Hall–Kier alpha value is -0.970. The molecule has 0 spiro atoms. The lowest BCUT2D eigenvalue weighted by atomic mass is 10.0. The number of likely N-dealkylation sites (tertiary alicyclic amines) is 1. The molecular weight excluding hydrogens is 244 g/mol. The van der Waals surface area contributed by atoms with Gasteiger partial charge >= 0.3 is 0 Å². The average Bonchev–Trinajstić information content (AvgIpc) is 2.96. The predicted octanol–water partition coefficient (Wildman–Crippen LogP) is 2.50. The van der Waals surface area contributed by atoms with Crippen LogP contribution < -0.4 is 0 Å². The standard InChI is InChI=1S/C14H18N2OS/c1-10(17)12-2-4-16(9-12)8-11-6-14-13(15-7-11)3-5-18-14/h3,5-7,10,12,17H,2,4,8-9H2,1H3. The Morgan fingerprint density at radius 3 is 3.28 bits per heavy atom. The summed E-state index contributed by atoms with van der Waals surface area (Å²) < 4.78 is 1.26. The molecule has 2 aromatic rings. The number of aromatic nitrogens is 1. The fraction of sp³-hybridized carbons (Fsp3) is 0.500. The number of hydrogen-bond acceptors (Lipinski definition) is 4. The molecule has 0 amide bonds. The van der Waals surface area contributed by atoms with Crippen LogP contribution >= 0.6 is 11.3 Å². The summed E-state index contributed by atoms with van der Waals surface area (Å²) in [6.45, 7) is 4.93. The Balaban J connectivity index is 1.69. The van der Waals surface area contributed by atoms with E-state index < -0.39 is 0 Å². The second-order valence-electron chi connectivity index (χ2n) is 5.17. The Morgan fingerprint density at radius 1 is 1.61 bits per heavy atom. The minimum Gasteiger partial charge on any atom is -0.393 e. The molecule has 1 saturated heterocycles. The summed E-state index contributed by atoms with van der Waals surface area (Å²) in [7, 11) is 0. The van der Waals surface area contributed by atoms with Gasteiger partial charge in [0.25, 0.3) is 0 Å². The average molecular weight is 262 g/mol. The zero-order valence-corrected chi connectivity index (χ0v) is 11.4. The van der Waals surface area contributed by atoms with Crippen LogP contribution in [-0.2, 0) is 6.54 Å². The molecule has 2 unspecified atom stereocenters. The largest absolute Gasteiger partial charge is 0.393 e. The highest BCUT2D eigenvalue weighted by Gasteiger charge is 2.25. The first-order valence-corrected chi connectivity index (χ1v) is 7.33. The maximum absolute atomic E-state index is 9.61. The predicted molar refractivity (Wildman–Crippen MR) is 74.7 cm³/mol. The molecule has 2 atom stereocenters. The summed E-state index contributed by atoms with van der Waals surface area (Å²) in [5.41, 5.74) is 2.36. The maximum Gasteiger partial charge on any atom is 0.0809 e. The summed E-state index contributed by atoms with van der Waals surface area (Å²) in [4.78, 5) is 6.88. The van der Waals surface area contributed by atoms with Gasteiger partial charge in [-0.2, -0.15) is 0 Å². The van der Waals surface area contributed by atoms with E-state index in [0.717, 1.165) is 31.6 Å². The Morgan fingerprint density at radius 2 is 2.50 bits per heavy atom. The smallest absolute Gasteiger partial charge is 0.0809 e. The van der Waals surface area contributed by atoms with Crippen LogP contribution in [0, 0.1) is 5.92 Å². The maximum atomic E-state index is 9.61. The van der Waals surface area contributed by atoms with E-state index in [1.54, 1.807) is 11.3 Å². The topological polar surface area (TPSA) is 36.4 Å². The highest BCUT2D eigenvalue weighted by Crippen LogP contribution is 2.24. The van der Waals surface area contributed by atoms with E-state index in [-0.39, 0.29) is 6.10 Å². The van der Waals surface area contributed by atoms with Crippen molar-refractivity contribution in [2.24, 2.45) is 5.92 Å². The molecule has 1 N–H and O–H groups in total. The van der Waals surface area contributed by atoms with Crippen LogP contribution in [0.3, 0.4) is 0 Å². The molecule has 18 heavy (non-hydrogen) atoms. The van der Waals surface area contributed by atoms with Gasteiger partial charge in [0.05, 0.1) is 16.3 Å². The van der Waals surface area contributed by atoms with E-state index in [1.165, 1.54) is 10.3 Å². The van der Waals surface area contributed by atoms with Crippen molar-refractivity contribution in [2.45, 2.75) is 26.0 Å². The van der Waals surface area contributed by atoms with Crippen LogP contribution in [-0.4, -0.2) is 34.2 Å². The molecule has 0 aromatic carbocycles. The van der Waals surface area contributed by atoms with Crippen molar-refractivity contribution < 1.29 is 5.11 Å². The van der Waals surface area contributed by atoms with Crippen molar-refractivity contribution in [3.05, 3.63) is 29.3 Å². The molecule has 0 bridgehead atoms. The summed E-state index contributed by atoms with van der Waals surface area (Å²) in [5.74, 6) is 0.434. The number of aliphatic hydroxyl groups excluding tert-OH is 1. The molecule has 1 fully saturated rings. The van der Waals surface area contributed by atoms with Crippen molar-refractivity contribution in [1.29, 1.82) is 0 Å². The Labute approximate surface area is 111 Å². The normalized spacial score (nSPS) is 22.7. The van der Waals surface area contributed by atoms with Gasteiger partial charge in [-0.05, 0) is 48.9 Å². The molecule has 4 heteroatoms. The SMILES string of the molecule is CC(O)C1CCN(Cc2cnc3ccsc3c2)C1. The van der Waals surface area contributed by atoms with E-state index in [9.17, 15) is 5.11 Å². The zero-order valence-electron chi connectivity index (χ0n) is 10.5. The van der Waals surface area contributed by atoms with Gasteiger partial charge < -0.3 is 5.11 Å². The number of aliphatic hydroxyl groups is 1. The van der Waals surface area contributed by atoms with Crippen LogP contribution in [0.15, 0.2) is 23.7 Å². The number of rotatable bonds is 3. The summed E-state index contributed by atoms with van der Waals surface area (Å²) in [6.07, 6.45) is 2.89. The van der Waals surface area contributed by atoms with Gasteiger partial charge in [0.15, 0.2) is 0 Å². The Bertz CT molecular complexity index is 537. The molecule has 1 aliphatic heterocycles. The third-order valence-corrected chi connectivity index (χ3v) is 4.61. The van der Waals surface area contributed by atoms with Crippen LogP contribution in [0.4, 0.5) is 0 Å². The van der Waals surface area contributed by atoms with Gasteiger partial charge in [-0.15, -0.1) is 11.3 Å². The van der Waals surface area contributed by atoms with Gasteiger partial charge in [0.2, 0.25) is 0 Å². The van der Waals surface area contributed by atoms with Crippen molar-refractivity contribution >= 4 is 21.6 Å². The minimum atomic E-state index is -0.187. The first-order chi connectivity index (χ1) is 8.72. The van der Waals surface area contributed by atoms with E-state index >= 15 is 0 Å². The lowest BCUT2D eigenvalue weighted by Crippen LogP contribution is -2.23. The van der Waals surface area contributed by atoms with Crippen LogP contribution in [0.1, 0.15) is 18.9 Å². The van der Waals surface area contributed by atoms with Crippen molar-refractivity contribution in [1.82, 2.24) is 9.88 Å². The lowest BCUT2D eigenvalue weighted by molar-refractivity contribution is 0.127. The molecule has 96 valence electrons. The monoisotopic (exact) mass is 262 g/mol. The Kier molecular flexibility index (Phi) is 3.33. The van der Waals surface area contributed by atoms with Gasteiger partial charge in [-0.3, -0.25) is 9.88 Å². The zero-order chi connectivity index (χ0) is 12.5. The number of hydrogen-bond donors (Lipinski definition) is 1. The molecule has 0 saturated carbocycles. The van der Waals surface area contributed by atoms with Gasteiger partial charge in [-0.1, -0.05) is 0 Å². The van der Waals surface area contributed by atoms with Crippen molar-refractivity contribution in [3.63, 3.8) is 0 Å². The molecule has 3 nitrogen and oxygen atoms in total. The summed E-state index contributed by atoms with van der Waals surface area (Å²) in [5, 5.41) is 11.7. The second kappa shape index (κ2) is 4.96. The van der Waals surface area contributed by atoms with Crippen molar-refractivity contribution in [3.8, 4) is 0 Å². The molecule has 3 rings (SSSR count). The van der Waals surface area contributed by atoms with Crippen molar-refractivity contribution in [2.75, 3.05) is 13.1 Å². The van der Waals surface area contributed by atoms with Gasteiger partial charge in [0, 0.05) is 19.3 Å². The van der Waals surface area contributed by atoms with Gasteiger partial charge in [0.1, 0.15) is 0 Å². The molecule has 2 aromatic heterocycles. The van der Waals surface area contributed by atoms with Crippen LogP contribution in [0.5, 0.6) is 0 Å². The molecule has 3 heterocycles. The lowest BCUT2D eigenvalue weighted by Gasteiger charge is -2.17. The first kappa shape index (κ1) is 12.1. The summed E-state index contributed by atoms with van der Waals surface area (Å²) in [6, 6.07) is 4.30. The quantitative estimate of drug-likeness (QED) is 0.923. The third-order valence-electron chi connectivity index (χ3n) is 3.76. The highest BCUT2D eigenvalue weighted by atomic mass is 32.1. The number of thiophene rings is 1. The third kappa shape index (κ3) is 2.41. The number of pyridine rings is 1. The molecule has 0 radical (unpaired) electrons. The number of nitrogens with zero attached hydrogens (tertiary/aromatic N) is 2. The van der Waals surface area contributed by atoms with Crippen LogP contribution in [0.25, 0.3) is 10.2 Å². The fourth-order valence-corrected chi connectivity index (χ4v) is 3.44. The van der Waals surface area contributed by atoms with Gasteiger partial charge in [-0.25, -0.2) is 0 Å². The molecular formula is C14H18N2OS. The minimum absolute atomic E-state index is 0.187. The summed E-state index contributed by atoms with van der Waals surface area (Å²) >= 11 is 1.74. The van der Waals surface area contributed by atoms with Crippen LogP contribution in [0.2, 0.25) is 0 Å². The fourth-order valence-electron chi connectivity index (χ4n) is 2.63. The molecule has 0 aliphatic carbocycles. The highest BCUT2D eigenvalue weighted by molar-refractivity contribution is 7.17. The van der Waals surface area contributed by atoms with E-state index in [2.05, 4.69) is 27.4 Å². The van der Waals surface area contributed by atoms with E-state index in [4.69, 9.17) is 0 Å². The van der Waals surface area contributed by atoms with E-state index in [0.29, 0.717) is 5.92 Å². The molecule has 1 aliphatic rings. The second-order valence-corrected chi connectivity index (χ2v) is 6.12. The first-order valence-electron chi connectivity index (χ1n) is 6.45. The number of fused-ring (bicyclic) bond motifs is 1. The van der Waals surface area contributed by atoms with E-state index in [1.807, 2.05) is 13.1 Å².